The van der Waals surface area contributed by atoms with Crippen molar-refractivity contribution in [2.45, 2.75) is 6.42 Å². The molecule has 3 aromatic carbocycles. The lowest BCUT2D eigenvalue weighted by molar-refractivity contribution is 0.461. The van der Waals surface area contributed by atoms with Crippen LogP contribution in [0.3, 0.4) is 0 Å². The SMILES string of the molecule is Pc1cccc2c1Cc1ccccc1O2.c1ccccc1. The predicted molar refractivity (Wildman–Crippen MR) is 91.6 cm³/mol. The molecule has 0 amide bonds. The minimum Gasteiger partial charge on any atom is -0.457 e. The predicted octanol–water partition coefficient (Wildman–Crippen LogP) is 4.57. The fourth-order valence-corrected chi connectivity index (χ4v) is 2.67. The molecule has 1 aliphatic rings. The summed E-state index contributed by atoms with van der Waals surface area (Å²) in [5, 5.41) is 1.22. The zero-order valence-electron chi connectivity index (χ0n) is 11.7. The molecule has 0 fully saturated rings. The number of fused-ring (bicyclic) bond motifs is 2. The molecule has 3 aromatic rings. The monoisotopic (exact) mass is 292 g/mol. The van der Waals surface area contributed by atoms with E-state index in [0.717, 1.165) is 17.9 Å². The van der Waals surface area contributed by atoms with Gasteiger partial charge in [0.2, 0.25) is 0 Å². The first-order valence-corrected chi connectivity index (χ1v) is 7.55. The van der Waals surface area contributed by atoms with Gasteiger partial charge in [0.1, 0.15) is 11.5 Å². The highest BCUT2D eigenvalue weighted by Crippen LogP contribution is 2.35. The molecule has 4 rings (SSSR count). The van der Waals surface area contributed by atoms with Crippen LogP contribution in [0.4, 0.5) is 0 Å². The van der Waals surface area contributed by atoms with Gasteiger partial charge in [-0.1, -0.05) is 66.7 Å². The van der Waals surface area contributed by atoms with Crippen molar-refractivity contribution >= 4 is 14.5 Å². The largest absolute Gasteiger partial charge is 0.457 e. The average molecular weight is 292 g/mol. The van der Waals surface area contributed by atoms with E-state index in [1.165, 1.54) is 16.4 Å². The summed E-state index contributed by atoms with van der Waals surface area (Å²) in [5.41, 5.74) is 2.54. The Hall–Kier alpha value is -2.11. The van der Waals surface area contributed by atoms with Gasteiger partial charge in [-0.15, -0.1) is 9.24 Å². The summed E-state index contributed by atoms with van der Waals surface area (Å²) in [7, 11) is 2.77. The summed E-state index contributed by atoms with van der Waals surface area (Å²) >= 11 is 0. The summed E-state index contributed by atoms with van der Waals surface area (Å²) in [6.07, 6.45) is 0.963. The van der Waals surface area contributed by atoms with Crippen LogP contribution in [0.25, 0.3) is 0 Å². The molecule has 104 valence electrons. The van der Waals surface area contributed by atoms with Crippen LogP contribution in [0.1, 0.15) is 11.1 Å². The first kappa shape index (κ1) is 13.9. The Morgan fingerprint density at radius 1 is 0.667 bits per heavy atom. The third kappa shape index (κ3) is 3.32. The summed E-state index contributed by atoms with van der Waals surface area (Å²) in [6, 6.07) is 26.4. The molecule has 0 aromatic heterocycles. The quantitative estimate of drug-likeness (QED) is 0.431. The first-order valence-electron chi connectivity index (χ1n) is 6.98. The van der Waals surface area contributed by atoms with Gasteiger partial charge in [-0.3, -0.25) is 0 Å². The molecule has 1 atom stereocenters. The fourth-order valence-electron chi connectivity index (χ4n) is 2.31. The molecule has 0 spiro atoms. The molecule has 2 heteroatoms. The second-order valence-corrected chi connectivity index (χ2v) is 5.49. The molecule has 1 heterocycles. The minimum atomic E-state index is 0.963. The molecule has 1 aliphatic heterocycles. The van der Waals surface area contributed by atoms with Gasteiger partial charge in [0, 0.05) is 12.0 Å². The zero-order valence-corrected chi connectivity index (χ0v) is 12.9. The Kier molecular flexibility index (Phi) is 4.33. The lowest BCUT2D eigenvalue weighted by atomic mass is 10.0. The average Bonchev–Trinajstić information content (AvgIpc) is 2.56. The summed E-state index contributed by atoms with van der Waals surface area (Å²) in [5.74, 6) is 1.97. The molecule has 1 unspecified atom stereocenters. The topological polar surface area (TPSA) is 9.23 Å². The number of hydrogen-bond donors (Lipinski definition) is 0. The van der Waals surface area contributed by atoms with Crippen molar-refractivity contribution in [1.29, 1.82) is 0 Å². The van der Waals surface area contributed by atoms with E-state index in [0.29, 0.717) is 0 Å². The Morgan fingerprint density at radius 3 is 2.00 bits per heavy atom. The minimum absolute atomic E-state index is 0.963. The second-order valence-electron chi connectivity index (χ2n) is 4.87. The number of benzene rings is 3. The fraction of sp³-hybridized carbons (Fsp3) is 0.0526. The highest BCUT2D eigenvalue weighted by atomic mass is 31.0. The molecule has 0 saturated heterocycles. The number of rotatable bonds is 0. The molecular formula is C19H17OP. The van der Waals surface area contributed by atoms with Crippen LogP contribution in [0.5, 0.6) is 11.5 Å². The zero-order chi connectivity index (χ0) is 14.5. The summed E-state index contributed by atoms with van der Waals surface area (Å²) in [6.45, 7) is 0. The smallest absolute Gasteiger partial charge is 0.131 e. The van der Waals surface area contributed by atoms with Crippen molar-refractivity contribution in [3.05, 3.63) is 90.0 Å². The Bertz CT molecular complexity index is 696. The highest BCUT2D eigenvalue weighted by Gasteiger charge is 2.17. The summed E-state index contributed by atoms with van der Waals surface area (Å²) in [4.78, 5) is 0. The molecule has 0 aliphatic carbocycles. The molecular weight excluding hydrogens is 275 g/mol. The van der Waals surface area contributed by atoms with Gasteiger partial charge in [-0.2, -0.15) is 0 Å². The molecule has 0 saturated carbocycles. The van der Waals surface area contributed by atoms with Gasteiger partial charge in [0.25, 0.3) is 0 Å². The molecule has 0 bridgehead atoms. The maximum absolute atomic E-state index is 5.84. The lowest BCUT2D eigenvalue weighted by Gasteiger charge is -2.21. The van der Waals surface area contributed by atoms with Crippen LogP contribution in [-0.2, 0) is 6.42 Å². The van der Waals surface area contributed by atoms with E-state index in [-0.39, 0.29) is 0 Å². The van der Waals surface area contributed by atoms with Crippen molar-refractivity contribution in [2.75, 3.05) is 0 Å². The van der Waals surface area contributed by atoms with Crippen LogP contribution in [0.15, 0.2) is 78.9 Å². The maximum Gasteiger partial charge on any atom is 0.131 e. The van der Waals surface area contributed by atoms with Gasteiger partial charge >= 0.3 is 0 Å². The second kappa shape index (κ2) is 6.56. The molecule has 1 nitrogen and oxygen atoms in total. The van der Waals surface area contributed by atoms with Crippen LogP contribution >= 0.6 is 9.24 Å². The van der Waals surface area contributed by atoms with Crippen molar-refractivity contribution in [2.24, 2.45) is 0 Å². The maximum atomic E-state index is 5.84. The van der Waals surface area contributed by atoms with Gasteiger partial charge < -0.3 is 4.74 Å². The van der Waals surface area contributed by atoms with Gasteiger partial charge in [-0.05, 0) is 23.0 Å². The van der Waals surface area contributed by atoms with Crippen LogP contribution < -0.4 is 10.0 Å². The van der Waals surface area contributed by atoms with E-state index in [4.69, 9.17) is 4.74 Å². The van der Waals surface area contributed by atoms with Crippen molar-refractivity contribution < 1.29 is 4.74 Å². The van der Waals surface area contributed by atoms with Crippen molar-refractivity contribution in [1.82, 2.24) is 0 Å². The molecule has 0 radical (unpaired) electrons. The number of para-hydroxylation sites is 1. The third-order valence-electron chi connectivity index (χ3n) is 3.40. The third-order valence-corrected chi connectivity index (χ3v) is 3.94. The van der Waals surface area contributed by atoms with Gasteiger partial charge in [0.15, 0.2) is 0 Å². The van der Waals surface area contributed by atoms with E-state index in [2.05, 4.69) is 27.4 Å². The standard InChI is InChI=1S/C13H11OP.C6H6/c15-13-7-3-6-12-10(13)8-9-4-1-2-5-11(9)14-12;1-2-4-6-5-3-1/h1-7H,8,15H2;1-6H. The number of ether oxygens (including phenoxy) is 1. The van der Waals surface area contributed by atoms with E-state index < -0.39 is 0 Å². The van der Waals surface area contributed by atoms with Crippen molar-refractivity contribution in [3.63, 3.8) is 0 Å². The van der Waals surface area contributed by atoms with Crippen LogP contribution in [0.2, 0.25) is 0 Å². The first-order chi connectivity index (χ1) is 10.3. The van der Waals surface area contributed by atoms with Gasteiger partial charge in [-0.25, -0.2) is 0 Å². The van der Waals surface area contributed by atoms with Crippen LogP contribution in [0, 0.1) is 0 Å². The number of hydrogen-bond acceptors (Lipinski definition) is 1. The lowest BCUT2D eigenvalue weighted by Crippen LogP contribution is -2.10. The van der Waals surface area contributed by atoms with E-state index >= 15 is 0 Å². The normalized spacial score (nSPS) is 11.3. The molecule has 21 heavy (non-hydrogen) atoms. The Balaban J connectivity index is 0.000000186. The van der Waals surface area contributed by atoms with Gasteiger partial charge in [0.05, 0.1) is 0 Å². The van der Waals surface area contributed by atoms with E-state index in [1.54, 1.807) is 0 Å². The van der Waals surface area contributed by atoms with E-state index in [9.17, 15) is 0 Å². The van der Waals surface area contributed by atoms with Crippen LogP contribution in [-0.4, -0.2) is 0 Å². The molecule has 0 N–H and O–H groups in total. The Labute approximate surface area is 127 Å². The van der Waals surface area contributed by atoms with E-state index in [1.807, 2.05) is 60.7 Å². The van der Waals surface area contributed by atoms with Crippen molar-refractivity contribution in [3.8, 4) is 11.5 Å². The Morgan fingerprint density at radius 2 is 1.29 bits per heavy atom. The highest BCUT2D eigenvalue weighted by molar-refractivity contribution is 7.27. The summed E-state index contributed by atoms with van der Waals surface area (Å²) < 4.78 is 5.84.